The maximum Gasteiger partial charge on any atom is 0.0991 e. The summed E-state index contributed by atoms with van der Waals surface area (Å²) in [6.07, 6.45) is 3.74. The number of nitriles is 1. The zero-order valence-electron chi connectivity index (χ0n) is 8.16. The second-order valence-electron chi connectivity index (χ2n) is 3.79. The first-order valence-electron chi connectivity index (χ1n) is 5.11. The summed E-state index contributed by atoms with van der Waals surface area (Å²) in [5.41, 5.74) is 2.04. The summed E-state index contributed by atoms with van der Waals surface area (Å²) in [5, 5.41) is 12.1. The molecular formula is C12H14N2. The number of nitrogens with zero attached hydrogens (tertiary/aromatic N) is 1. The van der Waals surface area contributed by atoms with Crippen LogP contribution in [0.2, 0.25) is 0 Å². The number of benzene rings is 1. The molecule has 0 aliphatic heterocycles. The van der Waals surface area contributed by atoms with Gasteiger partial charge in [0.15, 0.2) is 0 Å². The van der Waals surface area contributed by atoms with Gasteiger partial charge < -0.3 is 5.32 Å². The van der Waals surface area contributed by atoms with Crippen molar-refractivity contribution in [1.82, 2.24) is 5.32 Å². The SMILES string of the molecule is N#Cc1ccc(CCNC2CC2)cc1. The summed E-state index contributed by atoms with van der Waals surface area (Å²) >= 11 is 0. The van der Waals surface area contributed by atoms with Crippen LogP contribution in [-0.2, 0) is 6.42 Å². The number of rotatable bonds is 4. The van der Waals surface area contributed by atoms with Crippen LogP contribution in [-0.4, -0.2) is 12.6 Å². The van der Waals surface area contributed by atoms with Crippen molar-refractivity contribution >= 4 is 0 Å². The molecule has 0 radical (unpaired) electrons. The molecule has 72 valence electrons. The lowest BCUT2D eigenvalue weighted by Crippen LogP contribution is -2.19. The first-order valence-corrected chi connectivity index (χ1v) is 5.11. The zero-order valence-corrected chi connectivity index (χ0v) is 8.16. The third kappa shape index (κ3) is 2.58. The minimum Gasteiger partial charge on any atom is -0.314 e. The van der Waals surface area contributed by atoms with Gasteiger partial charge in [-0.1, -0.05) is 12.1 Å². The molecule has 0 spiro atoms. The van der Waals surface area contributed by atoms with Gasteiger partial charge in [0, 0.05) is 6.04 Å². The second-order valence-corrected chi connectivity index (χ2v) is 3.79. The third-order valence-electron chi connectivity index (χ3n) is 2.51. The molecule has 0 atom stereocenters. The van der Waals surface area contributed by atoms with E-state index in [1.807, 2.05) is 24.3 Å². The Balaban J connectivity index is 1.80. The fraction of sp³-hybridized carbons (Fsp3) is 0.417. The highest BCUT2D eigenvalue weighted by Crippen LogP contribution is 2.18. The third-order valence-corrected chi connectivity index (χ3v) is 2.51. The van der Waals surface area contributed by atoms with Gasteiger partial charge in [-0.05, 0) is 43.5 Å². The van der Waals surface area contributed by atoms with Crippen LogP contribution in [0.4, 0.5) is 0 Å². The molecule has 2 rings (SSSR count). The quantitative estimate of drug-likeness (QED) is 0.779. The molecule has 1 saturated carbocycles. The monoisotopic (exact) mass is 186 g/mol. The highest BCUT2D eigenvalue weighted by atomic mass is 14.9. The Morgan fingerprint density at radius 2 is 2.00 bits per heavy atom. The molecule has 0 unspecified atom stereocenters. The molecule has 0 aromatic heterocycles. The molecule has 1 N–H and O–H groups in total. The Bertz CT molecular complexity index is 330. The molecule has 0 bridgehead atoms. The molecule has 1 aromatic rings. The molecule has 0 heterocycles. The van der Waals surface area contributed by atoms with Gasteiger partial charge in [0.1, 0.15) is 0 Å². The lowest BCUT2D eigenvalue weighted by atomic mass is 10.1. The lowest BCUT2D eigenvalue weighted by Gasteiger charge is -2.02. The van der Waals surface area contributed by atoms with Crippen LogP contribution in [0.15, 0.2) is 24.3 Å². The van der Waals surface area contributed by atoms with Crippen LogP contribution in [0.5, 0.6) is 0 Å². The smallest absolute Gasteiger partial charge is 0.0991 e. The fourth-order valence-corrected chi connectivity index (χ4v) is 1.45. The van der Waals surface area contributed by atoms with E-state index >= 15 is 0 Å². The summed E-state index contributed by atoms with van der Waals surface area (Å²) in [7, 11) is 0. The Morgan fingerprint density at radius 3 is 2.57 bits per heavy atom. The Morgan fingerprint density at radius 1 is 1.29 bits per heavy atom. The maximum atomic E-state index is 8.62. The van der Waals surface area contributed by atoms with E-state index in [1.165, 1.54) is 18.4 Å². The predicted molar refractivity (Wildman–Crippen MR) is 55.9 cm³/mol. The van der Waals surface area contributed by atoms with Crippen molar-refractivity contribution in [3.05, 3.63) is 35.4 Å². The molecule has 2 nitrogen and oxygen atoms in total. The van der Waals surface area contributed by atoms with Crippen molar-refractivity contribution in [2.24, 2.45) is 0 Å². The summed E-state index contributed by atoms with van der Waals surface area (Å²) in [6.45, 7) is 1.05. The molecule has 14 heavy (non-hydrogen) atoms. The number of hydrogen-bond donors (Lipinski definition) is 1. The van der Waals surface area contributed by atoms with Crippen LogP contribution < -0.4 is 5.32 Å². The van der Waals surface area contributed by atoms with Crippen LogP contribution in [0.3, 0.4) is 0 Å². The molecule has 0 saturated heterocycles. The normalized spacial score (nSPS) is 15.1. The van der Waals surface area contributed by atoms with E-state index in [0.29, 0.717) is 0 Å². The van der Waals surface area contributed by atoms with Gasteiger partial charge in [-0.25, -0.2) is 0 Å². The standard InChI is InChI=1S/C12H14N2/c13-9-11-3-1-10(2-4-11)7-8-14-12-5-6-12/h1-4,12,14H,5-8H2. The molecule has 1 aliphatic rings. The van der Waals surface area contributed by atoms with Crippen molar-refractivity contribution in [1.29, 1.82) is 5.26 Å². The molecule has 1 fully saturated rings. The zero-order chi connectivity index (χ0) is 9.80. The van der Waals surface area contributed by atoms with Gasteiger partial charge in [0.2, 0.25) is 0 Å². The summed E-state index contributed by atoms with van der Waals surface area (Å²) in [4.78, 5) is 0. The van der Waals surface area contributed by atoms with Gasteiger partial charge in [-0.3, -0.25) is 0 Å². The predicted octanol–water partition coefficient (Wildman–Crippen LogP) is 1.85. The minimum atomic E-state index is 0.740. The molecule has 2 heteroatoms. The highest BCUT2D eigenvalue weighted by molar-refractivity contribution is 5.31. The van der Waals surface area contributed by atoms with E-state index in [1.54, 1.807) is 0 Å². The van der Waals surface area contributed by atoms with Gasteiger partial charge in [-0.2, -0.15) is 5.26 Å². The average Bonchev–Trinajstić information content (AvgIpc) is 3.03. The van der Waals surface area contributed by atoms with Crippen LogP contribution in [0.25, 0.3) is 0 Å². The van der Waals surface area contributed by atoms with Crippen molar-refractivity contribution < 1.29 is 0 Å². The topological polar surface area (TPSA) is 35.8 Å². The summed E-state index contributed by atoms with van der Waals surface area (Å²) < 4.78 is 0. The Labute approximate surface area is 84.6 Å². The maximum absolute atomic E-state index is 8.62. The fourth-order valence-electron chi connectivity index (χ4n) is 1.45. The summed E-state index contributed by atoms with van der Waals surface area (Å²) in [6, 6.07) is 10.7. The number of hydrogen-bond acceptors (Lipinski definition) is 2. The second kappa shape index (κ2) is 4.26. The van der Waals surface area contributed by atoms with E-state index < -0.39 is 0 Å². The van der Waals surface area contributed by atoms with Gasteiger partial charge in [-0.15, -0.1) is 0 Å². The molecule has 1 aromatic carbocycles. The van der Waals surface area contributed by atoms with Gasteiger partial charge in [0.05, 0.1) is 11.6 Å². The Hall–Kier alpha value is -1.33. The van der Waals surface area contributed by atoms with E-state index in [0.717, 1.165) is 24.6 Å². The van der Waals surface area contributed by atoms with Crippen molar-refractivity contribution in [2.75, 3.05) is 6.54 Å². The summed E-state index contributed by atoms with van der Waals surface area (Å²) in [5.74, 6) is 0. The van der Waals surface area contributed by atoms with Crippen molar-refractivity contribution in [3.8, 4) is 6.07 Å². The molecule has 1 aliphatic carbocycles. The van der Waals surface area contributed by atoms with Crippen LogP contribution in [0, 0.1) is 11.3 Å². The van der Waals surface area contributed by atoms with Crippen molar-refractivity contribution in [3.63, 3.8) is 0 Å². The van der Waals surface area contributed by atoms with Crippen LogP contribution >= 0.6 is 0 Å². The van der Waals surface area contributed by atoms with E-state index in [9.17, 15) is 0 Å². The van der Waals surface area contributed by atoms with Gasteiger partial charge >= 0.3 is 0 Å². The number of nitrogens with one attached hydrogen (secondary N) is 1. The first kappa shape index (κ1) is 9.23. The minimum absolute atomic E-state index is 0.740. The van der Waals surface area contributed by atoms with E-state index in [4.69, 9.17) is 5.26 Å². The lowest BCUT2D eigenvalue weighted by molar-refractivity contribution is 0.682. The average molecular weight is 186 g/mol. The largest absolute Gasteiger partial charge is 0.314 e. The first-order chi connectivity index (χ1) is 6.88. The van der Waals surface area contributed by atoms with Gasteiger partial charge in [0.25, 0.3) is 0 Å². The van der Waals surface area contributed by atoms with E-state index in [-0.39, 0.29) is 0 Å². The van der Waals surface area contributed by atoms with Crippen LogP contribution in [0.1, 0.15) is 24.0 Å². The molecule has 0 amide bonds. The molecular weight excluding hydrogens is 172 g/mol. The van der Waals surface area contributed by atoms with E-state index in [2.05, 4.69) is 11.4 Å². The Kier molecular flexibility index (Phi) is 2.81. The van der Waals surface area contributed by atoms with Crippen molar-refractivity contribution in [2.45, 2.75) is 25.3 Å². The highest BCUT2D eigenvalue weighted by Gasteiger charge is 2.19.